The Balaban J connectivity index is 2.17. The molecule has 0 aliphatic heterocycles. The molecule has 0 saturated carbocycles. The zero-order chi connectivity index (χ0) is 16.9. The molecule has 0 fully saturated rings. The number of aromatic nitrogens is 1. The summed E-state index contributed by atoms with van der Waals surface area (Å²) in [6.07, 6.45) is 1.54. The van der Waals surface area contributed by atoms with Gasteiger partial charge in [-0.15, -0.1) is 0 Å². The van der Waals surface area contributed by atoms with Crippen molar-refractivity contribution in [3.8, 4) is 0 Å². The minimum atomic E-state index is -2.97. The van der Waals surface area contributed by atoms with Gasteiger partial charge < -0.3 is 0 Å². The Labute approximate surface area is 139 Å². The number of benzene rings is 1. The molecule has 0 saturated heterocycles. The number of pyridine rings is 1. The summed E-state index contributed by atoms with van der Waals surface area (Å²) in [5, 5.41) is -1.63. The van der Waals surface area contributed by atoms with Gasteiger partial charge in [-0.25, -0.2) is 0 Å². The summed E-state index contributed by atoms with van der Waals surface area (Å²) >= 11 is 6.42. The van der Waals surface area contributed by atoms with E-state index >= 15 is 0 Å². The minimum Gasteiger partial charge on any atom is -0.298 e. The summed E-state index contributed by atoms with van der Waals surface area (Å²) in [5.74, 6) is 0. The fraction of sp³-hybridized carbons (Fsp3) is 0.353. The van der Waals surface area contributed by atoms with Gasteiger partial charge in [0.15, 0.2) is 5.06 Å². The predicted molar refractivity (Wildman–Crippen MR) is 86.4 cm³/mol. The lowest BCUT2D eigenvalue weighted by molar-refractivity contribution is -0.187. The maximum Gasteiger partial charge on any atom is 0.347 e. The van der Waals surface area contributed by atoms with Gasteiger partial charge in [-0.05, 0) is 31.7 Å². The zero-order valence-corrected chi connectivity index (χ0v) is 13.8. The number of rotatable bonds is 7. The number of hydrogen-bond donors (Lipinski definition) is 0. The second kappa shape index (κ2) is 7.81. The molecular weight excluding hydrogens is 322 g/mol. The summed E-state index contributed by atoms with van der Waals surface area (Å²) < 4.78 is 30.5. The number of ether oxygens (including phenoxy) is 1. The first-order valence-corrected chi connectivity index (χ1v) is 7.57. The topological polar surface area (TPSA) is 25.4 Å². The molecule has 2 rings (SSSR count). The molecule has 0 N–H and O–H groups in total. The smallest absolute Gasteiger partial charge is 0.298 e. The molecule has 1 aromatic carbocycles. The molecule has 0 aliphatic rings. The van der Waals surface area contributed by atoms with Crippen LogP contribution in [0.1, 0.15) is 16.8 Å². The first-order chi connectivity index (χ1) is 10.9. The third kappa shape index (κ3) is 5.23. The van der Waals surface area contributed by atoms with Gasteiger partial charge in [0.2, 0.25) is 0 Å². The van der Waals surface area contributed by atoms with Gasteiger partial charge in [0.05, 0.1) is 0 Å². The van der Waals surface area contributed by atoms with E-state index in [1.807, 2.05) is 42.3 Å². The van der Waals surface area contributed by atoms with E-state index in [0.717, 1.165) is 5.56 Å². The van der Waals surface area contributed by atoms with Crippen LogP contribution in [0.15, 0.2) is 48.7 Å². The fourth-order valence-corrected chi connectivity index (χ4v) is 2.80. The summed E-state index contributed by atoms with van der Waals surface area (Å²) in [6.45, 7) is -0.508. The molecule has 1 aromatic heterocycles. The summed E-state index contributed by atoms with van der Waals surface area (Å²) in [6, 6.07) is 13.0. The highest BCUT2D eigenvalue weighted by Crippen LogP contribution is 2.34. The highest BCUT2D eigenvalue weighted by Gasteiger charge is 2.35. The van der Waals surface area contributed by atoms with Crippen molar-refractivity contribution in [3.05, 3.63) is 65.5 Å². The van der Waals surface area contributed by atoms with Crippen LogP contribution >= 0.6 is 11.6 Å². The van der Waals surface area contributed by atoms with E-state index in [-0.39, 0.29) is 6.54 Å². The number of likely N-dealkylation sites (N-methyl/N-ethyl adjacent to an activating group) is 1. The Bertz CT molecular complexity index is 627. The average molecular weight is 341 g/mol. The second-order valence-electron chi connectivity index (χ2n) is 5.45. The molecule has 0 aliphatic carbocycles. The number of alkyl halides is 3. The maximum absolute atomic E-state index is 12.9. The first kappa shape index (κ1) is 17.8. The van der Waals surface area contributed by atoms with Crippen molar-refractivity contribution in [3.63, 3.8) is 0 Å². The molecule has 3 nitrogen and oxygen atoms in total. The molecule has 0 amide bonds. The molecule has 0 spiro atoms. The van der Waals surface area contributed by atoms with Crippen molar-refractivity contribution in [2.45, 2.75) is 25.1 Å². The van der Waals surface area contributed by atoms with Crippen molar-refractivity contribution in [2.75, 3.05) is 13.6 Å². The van der Waals surface area contributed by atoms with Crippen LogP contribution in [0.25, 0.3) is 0 Å². The lowest BCUT2D eigenvalue weighted by Gasteiger charge is -2.32. The van der Waals surface area contributed by atoms with Crippen LogP contribution in [0.5, 0.6) is 0 Å². The van der Waals surface area contributed by atoms with E-state index in [4.69, 9.17) is 16.3 Å². The number of aryl methyl sites for hydroxylation is 1. The van der Waals surface area contributed by atoms with Crippen molar-refractivity contribution >= 4 is 11.6 Å². The van der Waals surface area contributed by atoms with Crippen molar-refractivity contribution < 1.29 is 13.5 Å². The van der Waals surface area contributed by atoms with Gasteiger partial charge in [0.25, 0.3) is 0 Å². The van der Waals surface area contributed by atoms with E-state index in [9.17, 15) is 8.78 Å². The van der Waals surface area contributed by atoms with Crippen LogP contribution in [0.4, 0.5) is 8.78 Å². The summed E-state index contributed by atoms with van der Waals surface area (Å²) in [5.41, 5.74) is 2.22. The Kier molecular flexibility index (Phi) is 6.04. The maximum atomic E-state index is 12.9. The average Bonchev–Trinajstić information content (AvgIpc) is 2.47. The SMILES string of the molecule is Cc1cc(C(Cl)(CN(C)Cc2ccccc2)OC(F)F)ccn1. The van der Waals surface area contributed by atoms with Crippen molar-refractivity contribution in [1.29, 1.82) is 0 Å². The van der Waals surface area contributed by atoms with E-state index in [2.05, 4.69) is 4.98 Å². The molecule has 0 bridgehead atoms. The van der Waals surface area contributed by atoms with Gasteiger partial charge >= 0.3 is 6.61 Å². The van der Waals surface area contributed by atoms with E-state index in [1.54, 1.807) is 19.1 Å². The monoisotopic (exact) mass is 340 g/mol. The zero-order valence-electron chi connectivity index (χ0n) is 13.0. The quantitative estimate of drug-likeness (QED) is 0.708. The number of hydrogen-bond acceptors (Lipinski definition) is 3. The standard InChI is InChI=1S/C17H19ClF2N2O/c1-13-10-15(8-9-21-13)17(18,23-16(19)20)12-22(2)11-14-6-4-3-5-7-14/h3-10,16H,11-12H2,1-2H3. The number of halogens is 3. The van der Waals surface area contributed by atoms with E-state index < -0.39 is 11.7 Å². The summed E-state index contributed by atoms with van der Waals surface area (Å²) in [4.78, 5) is 5.91. The normalized spacial score (nSPS) is 14.2. The van der Waals surface area contributed by atoms with E-state index in [1.165, 1.54) is 6.20 Å². The lowest BCUT2D eigenvalue weighted by Crippen LogP contribution is -2.38. The molecule has 2 aromatic rings. The molecule has 0 radical (unpaired) electrons. The Morgan fingerprint density at radius 1 is 1.26 bits per heavy atom. The Hall–Kier alpha value is -1.56. The van der Waals surface area contributed by atoms with Crippen LogP contribution in [0, 0.1) is 6.92 Å². The molecule has 1 atom stereocenters. The first-order valence-electron chi connectivity index (χ1n) is 7.19. The van der Waals surface area contributed by atoms with E-state index in [0.29, 0.717) is 17.8 Å². The highest BCUT2D eigenvalue weighted by molar-refractivity contribution is 6.23. The molecular formula is C17H19ClF2N2O. The Morgan fingerprint density at radius 3 is 2.57 bits per heavy atom. The predicted octanol–water partition coefficient (Wildman–Crippen LogP) is 4.15. The van der Waals surface area contributed by atoms with Crippen LogP contribution in [0.2, 0.25) is 0 Å². The van der Waals surface area contributed by atoms with Gasteiger partial charge in [-0.1, -0.05) is 41.9 Å². The van der Waals surface area contributed by atoms with Crippen LogP contribution in [-0.4, -0.2) is 30.1 Å². The highest BCUT2D eigenvalue weighted by atomic mass is 35.5. The molecule has 124 valence electrons. The summed E-state index contributed by atoms with van der Waals surface area (Å²) in [7, 11) is 1.81. The lowest BCUT2D eigenvalue weighted by atomic mass is 10.1. The molecule has 23 heavy (non-hydrogen) atoms. The van der Waals surface area contributed by atoms with Crippen LogP contribution in [0.3, 0.4) is 0 Å². The van der Waals surface area contributed by atoms with Crippen molar-refractivity contribution in [2.24, 2.45) is 0 Å². The molecule has 1 heterocycles. The third-order valence-corrected chi connectivity index (χ3v) is 3.80. The largest absolute Gasteiger partial charge is 0.347 e. The van der Waals surface area contributed by atoms with Gasteiger partial charge in [-0.2, -0.15) is 8.78 Å². The molecule has 6 heteroatoms. The van der Waals surface area contributed by atoms with Crippen LogP contribution in [-0.2, 0) is 16.3 Å². The van der Waals surface area contributed by atoms with Crippen LogP contribution < -0.4 is 0 Å². The Morgan fingerprint density at radius 2 is 1.96 bits per heavy atom. The fourth-order valence-electron chi connectivity index (χ4n) is 2.41. The number of nitrogens with zero attached hydrogens (tertiary/aromatic N) is 2. The second-order valence-corrected chi connectivity index (χ2v) is 6.06. The van der Waals surface area contributed by atoms with Crippen molar-refractivity contribution in [1.82, 2.24) is 9.88 Å². The third-order valence-electron chi connectivity index (χ3n) is 3.37. The van der Waals surface area contributed by atoms with Gasteiger partial charge in [0.1, 0.15) is 0 Å². The van der Waals surface area contributed by atoms with Gasteiger partial charge in [-0.3, -0.25) is 14.6 Å². The minimum absolute atomic E-state index is 0.108. The van der Waals surface area contributed by atoms with Gasteiger partial charge in [0, 0.05) is 30.5 Å². The molecule has 1 unspecified atom stereocenters.